The monoisotopic (exact) mass is 549 g/mol. The highest BCUT2D eigenvalue weighted by Gasteiger charge is 2.46. The van der Waals surface area contributed by atoms with Crippen LogP contribution in [-0.4, -0.2) is 43.3 Å². The molecule has 0 unspecified atom stereocenters. The summed E-state index contributed by atoms with van der Waals surface area (Å²) in [6, 6.07) is 12.2. The lowest BCUT2D eigenvalue weighted by atomic mass is 9.88. The number of aryl methyl sites for hydroxylation is 1. The van der Waals surface area contributed by atoms with Gasteiger partial charge in [-0.3, -0.25) is 4.68 Å². The van der Waals surface area contributed by atoms with E-state index in [4.69, 9.17) is 9.47 Å². The molecule has 2 aromatic carbocycles. The number of rotatable bonds is 8. The third kappa shape index (κ3) is 6.25. The Morgan fingerprint density at radius 1 is 1.05 bits per heavy atom. The van der Waals surface area contributed by atoms with E-state index in [2.05, 4.69) is 9.82 Å². The number of nitrogens with one attached hydrogen (secondary N) is 1. The zero-order valence-corrected chi connectivity index (χ0v) is 20.0. The number of ether oxygens (including phenoxy) is 2. The summed E-state index contributed by atoms with van der Waals surface area (Å²) in [5.74, 6) is -1.78. The maximum absolute atomic E-state index is 12.8. The van der Waals surface area contributed by atoms with Gasteiger partial charge in [0.15, 0.2) is 5.75 Å². The highest BCUT2D eigenvalue weighted by molar-refractivity contribution is 7.89. The zero-order chi connectivity index (χ0) is 27.1. The van der Waals surface area contributed by atoms with E-state index in [-0.39, 0.29) is 24.8 Å². The first-order chi connectivity index (χ1) is 17.2. The van der Waals surface area contributed by atoms with Crippen LogP contribution in [0.4, 0.5) is 26.3 Å². The fourth-order valence-corrected chi connectivity index (χ4v) is 5.20. The van der Waals surface area contributed by atoms with Gasteiger partial charge < -0.3 is 9.47 Å². The van der Waals surface area contributed by atoms with Crippen molar-refractivity contribution in [1.82, 2.24) is 14.5 Å². The third-order valence-electron chi connectivity index (χ3n) is 5.57. The molecule has 1 N–H and O–H groups in total. The molecule has 200 valence electrons. The number of halogens is 6. The van der Waals surface area contributed by atoms with Crippen LogP contribution in [0.5, 0.6) is 11.6 Å². The molecule has 4 rings (SSSR count). The number of hydrogen-bond acceptors (Lipinski definition) is 5. The summed E-state index contributed by atoms with van der Waals surface area (Å²) >= 11 is 0. The van der Waals surface area contributed by atoms with E-state index >= 15 is 0 Å². The van der Waals surface area contributed by atoms with Crippen LogP contribution in [0.15, 0.2) is 54.6 Å². The van der Waals surface area contributed by atoms with Crippen LogP contribution in [-0.2, 0) is 33.0 Å². The predicted molar refractivity (Wildman–Crippen MR) is 120 cm³/mol. The highest BCUT2D eigenvalue weighted by atomic mass is 32.2. The van der Waals surface area contributed by atoms with E-state index in [0.717, 1.165) is 12.1 Å². The molecule has 37 heavy (non-hydrogen) atoms. The molecule has 2 heterocycles. The summed E-state index contributed by atoms with van der Waals surface area (Å²) in [6.07, 6.45) is -9.39. The van der Waals surface area contributed by atoms with Crippen molar-refractivity contribution in [1.29, 1.82) is 0 Å². The number of alkyl halides is 6. The minimum absolute atomic E-state index is 0.106. The number of aromatic nitrogens is 2. The summed E-state index contributed by atoms with van der Waals surface area (Å²) in [6.45, 7) is 1.89. The number of sulfonamides is 1. The minimum Gasteiger partial charge on any atom is -0.438 e. The first-order valence-electron chi connectivity index (χ1n) is 10.9. The van der Waals surface area contributed by atoms with Crippen molar-refractivity contribution >= 4 is 10.0 Å². The van der Waals surface area contributed by atoms with Gasteiger partial charge in [0, 0.05) is 18.2 Å². The SMILES string of the molecule is CCn1nc(Oc2ccc(C(F)(F)F)cc2)cc1-c1cccc(C2(NS(=O)(=O)CC(F)(F)F)COC2)c1. The van der Waals surface area contributed by atoms with Crippen molar-refractivity contribution in [2.75, 3.05) is 19.0 Å². The summed E-state index contributed by atoms with van der Waals surface area (Å²) in [5.41, 5.74) is -0.682. The molecule has 0 amide bonds. The normalized spacial score (nSPS) is 15.9. The summed E-state index contributed by atoms with van der Waals surface area (Å²) in [5, 5.41) is 4.31. The van der Waals surface area contributed by atoms with Crippen molar-refractivity contribution in [2.24, 2.45) is 0 Å². The van der Waals surface area contributed by atoms with Crippen molar-refractivity contribution in [2.45, 2.75) is 31.4 Å². The lowest BCUT2D eigenvalue weighted by Crippen LogP contribution is -2.60. The van der Waals surface area contributed by atoms with Crippen molar-refractivity contribution in [3.63, 3.8) is 0 Å². The second-order valence-corrected chi connectivity index (χ2v) is 10.2. The fourth-order valence-electron chi connectivity index (χ4n) is 3.87. The molecule has 14 heteroatoms. The molecule has 7 nitrogen and oxygen atoms in total. The van der Waals surface area contributed by atoms with Gasteiger partial charge in [0.05, 0.1) is 24.5 Å². The van der Waals surface area contributed by atoms with Gasteiger partial charge in [0.1, 0.15) is 11.3 Å². The summed E-state index contributed by atoms with van der Waals surface area (Å²) in [7, 11) is -4.70. The molecular weight excluding hydrogens is 528 g/mol. The molecule has 0 saturated carbocycles. The largest absolute Gasteiger partial charge is 0.438 e. The Morgan fingerprint density at radius 2 is 1.73 bits per heavy atom. The molecule has 0 atom stereocenters. The van der Waals surface area contributed by atoms with E-state index in [0.29, 0.717) is 23.4 Å². The van der Waals surface area contributed by atoms with Crippen molar-refractivity contribution in [3.8, 4) is 22.9 Å². The molecule has 1 fully saturated rings. The predicted octanol–water partition coefficient (Wildman–Crippen LogP) is 5.09. The van der Waals surface area contributed by atoms with E-state index in [9.17, 15) is 34.8 Å². The first kappa shape index (κ1) is 26.9. The van der Waals surface area contributed by atoms with Crippen LogP contribution in [0.2, 0.25) is 0 Å². The average molecular weight is 549 g/mol. The van der Waals surface area contributed by atoms with E-state index in [1.807, 2.05) is 0 Å². The molecule has 1 saturated heterocycles. The number of hydrogen-bond donors (Lipinski definition) is 1. The van der Waals surface area contributed by atoms with Gasteiger partial charge in [-0.1, -0.05) is 18.2 Å². The Morgan fingerprint density at radius 3 is 2.27 bits per heavy atom. The van der Waals surface area contributed by atoms with Crippen LogP contribution in [0.1, 0.15) is 18.1 Å². The smallest absolute Gasteiger partial charge is 0.416 e. The Balaban J connectivity index is 1.60. The van der Waals surface area contributed by atoms with Crippen LogP contribution >= 0.6 is 0 Å². The molecule has 0 spiro atoms. The van der Waals surface area contributed by atoms with Crippen LogP contribution in [0.25, 0.3) is 11.3 Å². The molecule has 3 aromatic rings. The minimum atomic E-state index is -4.91. The van der Waals surface area contributed by atoms with E-state index < -0.39 is 39.2 Å². The van der Waals surface area contributed by atoms with Gasteiger partial charge in [0.2, 0.25) is 15.9 Å². The van der Waals surface area contributed by atoms with Gasteiger partial charge in [-0.2, -0.15) is 31.1 Å². The average Bonchev–Trinajstić information content (AvgIpc) is 3.17. The molecule has 1 aromatic heterocycles. The lowest BCUT2D eigenvalue weighted by molar-refractivity contribution is -0.137. The van der Waals surface area contributed by atoms with Gasteiger partial charge in [0.25, 0.3) is 0 Å². The molecular formula is C23H21F6N3O4S. The molecule has 0 bridgehead atoms. The molecule has 1 aliphatic heterocycles. The lowest BCUT2D eigenvalue weighted by Gasteiger charge is -2.42. The van der Waals surface area contributed by atoms with E-state index in [1.54, 1.807) is 41.9 Å². The van der Waals surface area contributed by atoms with E-state index in [1.165, 1.54) is 12.1 Å². The van der Waals surface area contributed by atoms with Gasteiger partial charge in [-0.25, -0.2) is 8.42 Å². The first-order valence-corrected chi connectivity index (χ1v) is 12.5. The number of nitrogens with zero attached hydrogens (tertiary/aromatic N) is 2. The van der Waals surface area contributed by atoms with Gasteiger partial charge in [-0.15, -0.1) is 5.10 Å². The topological polar surface area (TPSA) is 82.5 Å². The molecule has 0 radical (unpaired) electrons. The second kappa shape index (κ2) is 9.65. The summed E-state index contributed by atoms with van der Waals surface area (Å²) in [4.78, 5) is 0. The van der Waals surface area contributed by atoms with Crippen molar-refractivity contribution in [3.05, 3.63) is 65.7 Å². The van der Waals surface area contributed by atoms with Gasteiger partial charge >= 0.3 is 12.4 Å². The molecule has 0 aliphatic carbocycles. The number of benzene rings is 2. The Kier molecular flexibility index (Phi) is 7.03. The Bertz CT molecular complexity index is 1360. The third-order valence-corrected chi connectivity index (χ3v) is 6.98. The fraction of sp³-hybridized carbons (Fsp3) is 0.348. The standard InChI is InChI=1S/C23H21F6N3O4S/c1-2-32-19(11-20(30-32)36-18-8-6-16(7-9-18)23(27,28)29)15-4-3-5-17(10-15)21(12-35-13-21)31-37(33,34)14-22(24,25)26/h3-11,31H,2,12-14H2,1H3. The highest BCUT2D eigenvalue weighted by Crippen LogP contribution is 2.36. The summed E-state index contributed by atoms with van der Waals surface area (Å²) < 4.78 is 115. The molecule has 1 aliphatic rings. The van der Waals surface area contributed by atoms with Crippen molar-refractivity contribution < 1.29 is 44.2 Å². The zero-order valence-electron chi connectivity index (χ0n) is 19.2. The van der Waals surface area contributed by atoms with Crippen LogP contribution < -0.4 is 9.46 Å². The van der Waals surface area contributed by atoms with Crippen LogP contribution in [0, 0.1) is 0 Å². The Hall–Kier alpha value is -3.10. The maximum Gasteiger partial charge on any atom is 0.416 e. The quantitative estimate of drug-likeness (QED) is 0.396. The Labute approximate surface area is 208 Å². The van der Waals surface area contributed by atoms with Crippen LogP contribution in [0.3, 0.4) is 0 Å². The maximum atomic E-state index is 12.8. The van der Waals surface area contributed by atoms with Gasteiger partial charge in [-0.05, 0) is 42.8 Å². The second-order valence-electron chi connectivity index (χ2n) is 8.44.